The van der Waals surface area contributed by atoms with Crippen molar-refractivity contribution in [2.45, 2.75) is 82.7 Å². The second-order valence-corrected chi connectivity index (χ2v) is 23.8. The minimum Gasteiger partial charge on any atom is -0.472 e. The fourth-order valence-corrected chi connectivity index (χ4v) is 15.9. The molecule has 2 saturated carbocycles. The molecule has 14 rings (SSSR count). The van der Waals surface area contributed by atoms with Gasteiger partial charge in [-0.05, 0) is 117 Å². The van der Waals surface area contributed by atoms with Crippen molar-refractivity contribution in [1.29, 1.82) is 0 Å². The zero-order valence-corrected chi connectivity index (χ0v) is 47.1. The molecule has 0 radical (unpaired) electrons. The van der Waals surface area contributed by atoms with Crippen molar-refractivity contribution >= 4 is 43.0 Å². The molecule has 0 bridgehead atoms. The molecule has 5 atom stereocenters. The number of para-hydroxylation sites is 4. The minimum absolute atomic E-state index is 0. The fraction of sp³-hybridized carbons (Fsp3) is 0.262. The maximum absolute atomic E-state index is 14.3. The quantitative estimate of drug-likeness (QED) is 0.127. The van der Waals surface area contributed by atoms with Gasteiger partial charge in [-0.15, -0.1) is 0 Å². The van der Waals surface area contributed by atoms with Gasteiger partial charge in [0.25, 0.3) is 11.6 Å². The average molecular weight is 1040 g/mol. The van der Waals surface area contributed by atoms with Crippen LogP contribution < -0.4 is 96.9 Å². The number of ether oxygens (including phenoxy) is 4. The van der Waals surface area contributed by atoms with Crippen molar-refractivity contribution < 1.29 is 79.1 Å². The monoisotopic (exact) mass is 1040 g/mol. The third kappa shape index (κ3) is 10.1. The van der Waals surface area contributed by atoms with Crippen LogP contribution in [0.4, 0.5) is 8.78 Å². The number of fused-ring (bicyclic) bond motifs is 4. The van der Waals surface area contributed by atoms with Crippen molar-refractivity contribution in [1.82, 2.24) is 0 Å². The molecule has 2 spiro atoms. The molecule has 4 nitrogen and oxygen atoms in total. The second-order valence-electron chi connectivity index (χ2n) is 20.4. The molecule has 9 heteroatoms. The Bertz CT molecular complexity index is 3070. The first kappa shape index (κ1) is 51.4. The van der Waals surface area contributed by atoms with E-state index in [1.807, 2.05) is 24.3 Å². The Morgan fingerprint density at radius 1 is 0.405 bits per heavy atom. The van der Waals surface area contributed by atoms with Crippen molar-refractivity contribution in [3.05, 3.63) is 234 Å². The SMILES string of the molecule is Cc1cccc2c1O[C@@]13Oc4c(cccc4P(c4ccccc4)c4ccccc4)C[C@@H]1CCC[C@H]3C2.Fc1cccc2c1OC13Oc4c(F)cccc4C[C@@H]1CCC[C@H]3C2.[K+].c1ccc([P-]c2ccccc2)cc1. The summed E-state index contributed by atoms with van der Waals surface area (Å²) in [6.07, 6.45) is 10.1. The van der Waals surface area contributed by atoms with Crippen LogP contribution in [0, 0.1) is 42.2 Å². The van der Waals surface area contributed by atoms with E-state index >= 15 is 0 Å². The average Bonchev–Trinajstić information content (AvgIpc) is 3.47. The second kappa shape index (κ2) is 22.5. The summed E-state index contributed by atoms with van der Waals surface area (Å²) in [5.41, 5.74) is 5.65. The molecule has 0 unspecified atom stereocenters. The van der Waals surface area contributed by atoms with E-state index in [1.54, 1.807) is 12.1 Å². The standard InChI is InChI=1S/C33H31O2P.C20H18F2O2.C12H10P.K/c1-23-11-8-12-24-21-26-14-10-15-27-22-25-13-9-20-30(32(25)35-33(26,27)34-31(23)24)36(28-16-4-2-5-17-28)29-18-6-3-7-19-29;21-16-8-1-4-12-10-14-6-3-7-15-11-13-5-2-9-17(22)19(13)24-20(14,15)23-18(12)16;1-3-7-11(8-4-1)13-12-9-5-2-6-10-12;/h2-9,11-13,16-20,26-27H,10,14-15,21-22H2,1H3;1-2,4-5,8-9,14-15H,3,6-7,10-11H2;1-10H;/q;;-1;+1/t26-,27-,33-;14-,15-,20?;;/m00../s1. The molecule has 8 aromatic rings. The van der Waals surface area contributed by atoms with Crippen LogP contribution in [-0.4, -0.2) is 11.6 Å². The van der Waals surface area contributed by atoms with Gasteiger partial charge in [-0.2, -0.15) is 0 Å². The van der Waals surface area contributed by atoms with Gasteiger partial charge in [0.15, 0.2) is 23.1 Å². The molecular formula is C65H59F2KO4P2. The molecule has 0 saturated heterocycles. The number of aryl methyl sites for hydroxylation is 1. The maximum atomic E-state index is 14.3. The van der Waals surface area contributed by atoms with Crippen molar-refractivity contribution in [2.24, 2.45) is 23.7 Å². The molecule has 74 heavy (non-hydrogen) atoms. The molecule has 0 aromatic heterocycles. The Morgan fingerprint density at radius 2 is 0.757 bits per heavy atom. The predicted molar refractivity (Wildman–Crippen MR) is 293 cm³/mol. The number of benzene rings is 8. The maximum Gasteiger partial charge on any atom is 1.00 e. The van der Waals surface area contributed by atoms with Crippen molar-refractivity contribution in [2.75, 3.05) is 0 Å². The first-order valence-electron chi connectivity index (χ1n) is 26.1. The Hall–Kier alpha value is -4.68. The van der Waals surface area contributed by atoms with Crippen molar-refractivity contribution in [3.63, 3.8) is 0 Å². The summed E-state index contributed by atoms with van der Waals surface area (Å²) in [5, 5.41) is 6.68. The van der Waals surface area contributed by atoms with E-state index in [9.17, 15) is 8.78 Å². The van der Waals surface area contributed by atoms with Gasteiger partial charge < -0.3 is 27.5 Å². The number of rotatable bonds is 5. The summed E-state index contributed by atoms with van der Waals surface area (Å²) in [6, 6.07) is 66.3. The topological polar surface area (TPSA) is 36.9 Å². The van der Waals surface area contributed by atoms with E-state index < -0.39 is 19.5 Å². The first-order chi connectivity index (χ1) is 35.8. The summed E-state index contributed by atoms with van der Waals surface area (Å²) < 4.78 is 55.4. The summed E-state index contributed by atoms with van der Waals surface area (Å²) in [5.74, 6) is 1.43. The molecule has 4 heterocycles. The third-order valence-corrected chi connectivity index (χ3v) is 19.5. The van der Waals surface area contributed by atoms with Gasteiger partial charge in [-0.3, -0.25) is 0 Å². The van der Waals surface area contributed by atoms with Gasteiger partial charge in [0.05, 0.1) is 0 Å². The molecule has 368 valence electrons. The van der Waals surface area contributed by atoms with Crippen LogP contribution in [-0.2, 0) is 25.7 Å². The Labute approximate surface area is 480 Å². The summed E-state index contributed by atoms with van der Waals surface area (Å²) in [7, 11) is 0.530. The summed E-state index contributed by atoms with van der Waals surface area (Å²) in [6.45, 7) is 2.17. The van der Waals surface area contributed by atoms with Crippen LogP contribution in [0.1, 0.15) is 66.3 Å². The number of hydrogen-bond donors (Lipinski definition) is 0. The zero-order valence-electron chi connectivity index (χ0n) is 42.1. The predicted octanol–water partition coefficient (Wildman–Crippen LogP) is 10.7. The largest absolute Gasteiger partial charge is 1.00 e. The molecule has 2 fully saturated rings. The van der Waals surface area contributed by atoms with E-state index in [1.165, 1.54) is 70.3 Å². The summed E-state index contributed by atoms with van der Waals surface area (Å²) >= 11 is 0. The smallest absolute Gasteiger partial charge is 0.472 e. The molecule has 0 N–H and O–H groups in total. The normalized spacial score (nSPS) is 23.1. The van der Waals surface area contributed by atoms with Gasteiger partial charge in [0.2, 0.25) is 0 Å². The van der Waals surface area contributed by atoms with E-state index in [4.69, 9.17) is 18.9 Å². The van der Waals surface area contributed by atoms with Crippen LogP contribution in [0.5, 0.6) is 23.0 Å². The van der Waals surface area contributed by atoms with E-state index in [0.29, 0.717) is 24.7 Å². The van der Waals surface area contributed by atoms with Crippen molar-refractivity contribution in [3.8, 4) is 23.0 Å². The van der Waals surface area contributed by atoms with Crippen LogP contribution in [0.2, 0.25) is 0 Å². The van der Waals surface area contributed by atoms with Crippen LogP contribution in [0.15, 0.2) is 194 Å². The van der Waals surface area contributed by atoms with E-state index in [-0.39, 0.29) is 86.4 Å². The van der Waals surface area contributed by atoms with Gasteiger partial charge in [0.1, 0.15) is 11.5 Å². The van der Waals surface area contributed by atoms with Gasteiger partial charge in [-0.1, -0.05) is 195 Å². The molecule has 2 aliphatic carbocycles. The Balaban J connectivity index is 0.000000133. The fourth-order valence-electron chi connectivity index (χ4n) is 12.5. The molecule has 0 amide bonds. The molecule has 8 aromatic carbocycles. The number of hydrogen-bond acceptors (Lipinski definition) is 4. The van der Waals surface area contributed by atoms with Gasteiger partial charge in [-0.25, -0.2) is 19.4 Å². The van der Waals surface area contributed by atoms with Crippen LogP contribution in [0.3, 0.4) is 0 Å². The Morgan fingerprint density at radius 3 is 1.20 bits per heavy atom. The van der Waals surface area contributed by atoms with E-state index in [0.717, 1.165) is 67.6 Å². The van der Waals surface area contributed by atoms with Gasteiger partial charge >= 0.3 is 51.4 Å². The van der Waals surface area contributed by atoms with Gasteiger partial charge in [0, 0.05) is 29.0 Å². The number of halogens is 2. The molecule has 4 aliphatic heterocycles. The van der Waals surface area contributed by atoms with Crippen LogP contribution in [0.25, 0.3) is 0 Å². The summed E-state index contributed by atoms with van der Waals surface area (Å²) in [4.78, 5) is 0. The molecular weight excluding hydrogens is 984 g/mol. The molecule has 6 aliphatic rings. The Kier molecular flexibility index (Phi) is 15.6. The third-order valence-electron chi connectivity index (χ3n) is 15.9. The van der Waals surface area contributed by atoms with Crippen LogP contribution >= 0.6 is 16.5 Å². The van der Waals surface area contributed by atoms with E-state index in [2.05, 4.69) is 153 Å². The zero-order chi connectivity index (χ0) is 49.4. The first-order valence-corrected chi connectivity index (χ1v) is 28.3. The minimum atomic E-state index is -0.942.